The van der Waals surface area contributed by atoms with E-state index in [1.165, 1.54) is 23.9 Å². The van der Waals surface area contributed by atoms with Crippen LogP contribution in [0, 0.1) is 5.82 Å². The summed E-state index contributed by atoms with van der Waals surface area (Å²) in [6.07, 6.45) is 0. The number of nitrogens with zero attached hydrogens (tertiary/aromatic N) is 4. The minimum absolute atomic E-state index is 0.110. The molecule has 4 aromatic rings. The Kier molecular flexibility index (Phi) is 4.13. The van der Waals surface area contributed by atoms with Gasteiger partial charge in [-0.15, -0.1) is 10.2 Å². The Morgan fingerprint density at radius 1 is 1.08 bits per heavy atom. The molecule has 2 heterocycles. The maximum atomic E-state index is 13.1. The first kappa shape index (κ1) is 16.0. The maximum absolute atomic E-state index is 13.1. The van der Waals surface area contributed by atoms with Crippen molar-refractivity contribution in [2.45, 2.75) is 30.8 Å². The summed E-state index contributed by atoms with van der Waals surface area (Å²) in [5.74, 6) is -0.229. The van der Waals surface area contributed by atoms with E-state index in [1.54, 1.807) is 12.1 Å². The highest BCUT2D eigenvalue weighted by Crippen LogP contribution is 2.34. The second kappa shape index (κ2) is 6.44. The third-order valence-corrected chi connectivity index (χ3v) is 5.30. The summed E-state index contributed by atoms with van der Waals surface area (Å²) in [5, 5.41) is 10.5. The minimum atomic E-state index is -0.229. The molecule has 25 heavy (non-hydrogen) atoms. The van der Waals surface area contributed by atoms with Crippen LogP contribution in [-0.4, -0.2) is 19.7 Å². The van der Waals surface area contributed by atoms with Gasteiger partial charge in [-0.1, -0.05) is 42.1 Å². The van der Waals surface area contributed by atoms with Gasteiger partial charge in [0.1, 0.15) is 11.3 Å². The van der Waals surface area contributed by atoms with Crippen LogP contribution in [0.2, 0.25) is 0 Å². The van der Waals surface area contributed by atoms with Crippen LogP contribution < -0.4 is 0 Å². The Morgan fingerprint density at radius 3 is 2.60 bits per heavy atom. The molecule has 0 spiro atoms. The van der Waals surface area contributed by atoms with E-state index >= 15 is 0 Å². The number of para-hydroxylation sites is 1. The van der Waals surface area contributed by atoms with Crippen LogP contribution in [0.4, 0.5) is 4.39 Å². The van der Waals surface area contributed by atoms with Gasteiger partial charge < -0.3 is 4.57 Å². The lowest BCUT2D eigenvalue weighted by Crippen LogP contribution is -1.99. The smallest absolute Gasteiger partial charge is 0.211 e. The van der Waals surface area contributed by atoms with Crippen molar-refractivity contribution in [1.82, 2.24) is 19.7 Å². The molecule has 0 aliphatic carbocycles. The van der Waals surface area contributed by atoms with Gasteiger partial charge in [0.05, 0.1) is 5.52 Å². The summed E-state index contributed by atoms with van der Waals surface area (Å²) in [4.78, 5) is 4.74. The SMILES string of the molecule is CCn1c2ccccc2c2nnc(S[C@@H](C)c3ccc(F)cc3)nc21. The van der Waals surface area contributed by atoms with E-state index in [1.807, 2.05) is 18.2 Å². The van der Waals surface area contributed by atoms with Crippen molar-refractivity contribution in [2.75, 3.05) is 0 Å². The third kappa shape index (κ3) is 2.87. The zero-order valence-corrected chi connectivity index (χ0v) is 14.8. The lowest BCUT2D eigenvalue weighted by Gasteiger charge is -2.10. The fourth-order valence-corrected chi connectivity index (χ4v) is 3.86. The standard InChI is InChI=1S/C19H17FN4S/c1-3-24-16-7-5-4-6-15(16)17-18(24)21-19(23-22-17)25-12(2)13-8-10-14(20)11-9-13/h4-12H,3H2,1-2H3/t12-/m0/s1. The second-order valence-electron chi connectivity index (χ2n) is 5.84. The molecule has 0 saturated carbocycles. The number of benzene rings is 2. The van der Waals surface area contributed by atoms with E-state index in [4.69, 9.17) is 4.98 Å². The van der Waals surface area contributed by atoms with Crippen LogP contribution in [0.1, 0.15) is 24.7 Å². The Hall–Kier alpha value is -2.47. The van der Waals surface area contributed by atoms with Crippen LogP contribution in [-0.2, 0) is 6.54 Å². The second-order valence-corrected chi connectivity index (χ2v) is 7.15. The van der Waals surface area contributed by atoms with E-state index < -0.39 is 0 Å². The molecule has 126 valence electrons. The van der Waals surface area contributed by atoms with E-state index in [9.17, 15) is 4.39 Å². The molecule has 1 atom stereocenters. The summed E-state index contributed by atoms with van der Waals surface area (Å²) in [7, 11) is 0. The average Bonchev–Trinajstić information content (AvgIpc) is 2.95. The average molecular weight is 352 g/mol. The quantitative estimate of drug-likeness (QED) is 0.485. The Morgan fingerprint density at radius 2 is 1.84 bits per heavy atom. The Bertz CT molecular complexity index is 1040. The number of aromatic nitrogens is 4. The number of aryl methyl sites for hydroxylation is 1. The van der Waals surface area contributed by atoms with Gasteiger partial charge in [-0.05, 0) is 37.6 Å². The largest absolute Gasteiger partial charge is 0.324 e. The predicted octanol–water partition coefficient (Wildman–Crippen LogP) is 4.99. The minimum Gasteiger partial charge on any atom is -0.324 e. The lowest BCUT2D eigenvalue weighted by molar-refractivity contribution is 0.627. The van der Waals surface area contributed by atoms with Gasteiger partial charge in [0, 0.05) is 17.2 Å². The topological polar surface area (TPSA) is 43.6 Å². The van der Waals surface area contributed by atoms with Crippen LogP contribution >= 0.6 is 11.8 Å². The number of fused-ring (bicyclic) bond motifs is 3. The number of hydrogen-bond donors (Lipinski definition) is 0. The molecule has 0 amide bonds. The normalized spacial score (nSPS) is 12.8. The van der Waals surface area contributed by atoms with E-state index in [-0.39, 0.29) is 11.1 Å². The molecule has 0 aliphatic heterocycles. The van der Waals surface area contributed by atoms with E-state index in [2.05, 4.69) is 34.7 Å². The summed E-state index contributed by atoms with van der Waals surface area (Å²) in [5.41, 5.74) is 3.84. The lowest BCUT2D eigenvalue weighted by atomic mass is 10.2. The molecule has 2 aromatic carbocycles. The molecule has 0 unspecified atom stereocenters. The molecule has 0 radical (unpaired) electrons. The molecular weight excluding hydrogens is 335 g/mol. The number of halogens is 1. The third-order valence-electron chi connectivity index (χ3n) is 4.29. The summed E-state index contributed by atoms with van der Waals surface area (Å²) >= 11 is 1.53. The van der Waals surface area contributed by atoms with Crippen molar-refractivity contribution >= 4 is 33.8 Å². The highest BCUT2D eigenvalue weighted by atomic mass is 32.2. The first-order valence-corrected chi connectivity index (χ1v) is 9.09. The monoisotopic (exact) mass is 352 g/mol. The van der Waals surface area contributed by atoms with Crippen LogP contribution in [0.25, 0.3) is 22.1 Å². The maximum Gasteiger partial charge on any atom is 0.211 e. The Labute approximate surface area is 149 Å². The number of hydrogen-bond acceptors (Lipinski definition) is 4. The molecule has 0 saturated heterocycles. The highest BCUT2D eigenvalue weighted by molar-refractivity contribution is 7.99. The molecule has 6 heteroatoms. The molecule has 4 rings (SSSR count). The number of thioether (sulfide) groups is 1. The van der Waals surface area contributed by atoms with Crippen LogP contribution in [0.5, 0.6) is 0 Å². The molecule has 2 aromatic heterocycles. The zero-order valence-electron chi connectivity index (χ0n) is 14.0. The van der Waals surface area contributed by atoms with Crippen LogP contribution in [0.15, 0.2) is 53.7 Å². The summed E-state index contributed by atoms with van der Waals surface area (Å²) in [6, 6.07) is 14.7. The zero-order chi connectivity index (χ0) is 17.4. The van der Waals surface area contributed by atoms with Gasteiger partial charge in [0.25, 0.3) is 0 Å². The van der Waals surface area contributed by atoms with Gasteiger partial charge in [0.15, 0.2) is 5.65 Å². The van der Waals surface area contributed by atoms with Gasteiger partial charge in [-0.25, -0.2) is 9.37 Å². The van der Waals surface area contributed by atoms with Gasteiger partial charge in [0.2, 0.25) is 5.16 Å². The van der Waals surface area contributed by atoms with Gasteiger partial charge in [-0.2, -0.15) is 0 Å². The summed E-state index contributed by atoms with van der Waals surface area (Å²) < 4.78 is 15.3. The molecule has 0 N–H and O–H groups in total. The van der Waals surface area contributed by atoms with Gasteiger partial charge in [-0.3, -0.25) is 0 Å². The molecule has 0 fully saturated rings. The molecule has 0 bridgehead atoms. The van der Waals surface area contributed by atoms with Crippen molar-refractivity contribution in [3.8, 4) is 0 Å². The summed E-state index contributed by atoms with van der Waals surface area (Å²) in [6.45, 7) is 4.98. The fraction of sp³-hybridized carbons (Fsp3) is 0.211. The van der Waals surface area contributed by atoms with Crippen molar-refractivity contribution in [3.63, 3.8) is 0 Å². The highest BCUT2D eigenvalue weighted by Gasteiger charge is 2.16. The van der Waals surface area contributed by atoms with E-state index in [0.717, 1.165) is 34.2 Å². The van der Waals surface area contributed by atoms with Crippen LogP contribution in [0.3, 0.4) is 0 Å². The fourth-order valence-electron chi connectivity index (χ4n) is 3.02. The first-order chi connectivity index (χ1) is 12.2. The van der Waals surface area contributed by atoms with Crippen molar-refractivity contribution in [2.24, 2.45) is 0 Å². The predicted molar refractivity (Wildman–Crippen MR) is 99.2 cm³/mol. The number of rotatable bonds is 4. The van der Waals surface area contributed by atoms with Crippen molar-refractivity contribution < 1.29 is 4.39 Å². The van der Waals surface area contributed by atoms with Crippen molar-refractivity contribution in [1.29, 1.82) is 0 Å². The molecule has 0 aliphatic rings. The first-order valence-electron chi connectivity index (χ1n) is 8.21. The van der Waals surface area contributed by atoms with E-state index in [0.29, 0.717) is 5.16 Å². The van der Waals surface area contributed by atoms with Crippen molar-refractivity contribution in [3.05, 3.63) is 59.9 Å². The Balaban J connectivity index is 1.73. The van der Waals surface area contributed by atoms with Gasteiger partial charge >= 0.3 is 0 Å². The molecule has 4 nitrogen and oxygen atoms in total. The molecular formula is C19H17FN4S.